The molecule has 0 bridgehead atoms. The van der Waals surface area contributed by atoms with Gasteiger partial charge in [-0.3, -0.25) is 0 Å². The third-order valence-corrected chi connectivity index (χ3v) is 5.18. The minimum absolute atomic E-state index is 0.300. The lowest BCUT2D eigenvalue weighted by Crippen LogP contribution is -2.37. The molecule has 0 radical (unpaired) electrons. The highest BCUT2D eigenvalue weighted by molar-refractivity contribution is 7.89. The Morgan fingerprint density at radius 3 is 2.35 bits per heavy atom. The van der Waals surface area contributed by atoms with Crippen LogP contribution in [0, 0.1) is 11.8 Å². The molecular formula is C12H26N2O2S. The van der Waals surface area contributed by atoms with Crippen LogP contribution in [0.2, 0.25) is 0 Å². The average Bonchev–Trinajstić information content (AvgIpc) is 2.31. The van der Waals surface area contributed by atoms with Crippen LogP contribution in [0.15, 0.2) is 0 Å². The molecule has 1 aliphatic heterocycles. The molecule has 0 saturated carbocycles. The lowest BCUT2D eigenvalue weighted by molar-refractivity contribution is 0.398. The molecule has 0 amide bonds. The van der Waals surface area contributed by atoms with Crippen LogP contribution < -0.4 is 10.0 Å². The standard InChI is InChI=1S/C12H26N2O2S/c1-3-11(4-2)9-14-17(15,16)10-12-5-7-13-8-6-12/h11-14H,3-10H2,1-2H3. The second-order valence-corrected chi connectivity index (χ2v) is 6.86. The van der Waals surface area contributed by atoms with Gasteiger partial charge in [-0.05, 0) is 37.8 Å². The molecule has 0 aliphatic carbocycles. The van der Waals surface area contributed by atoms with Crippen LogP contribution in [0.1, 0.15) is 39.5 Å². The number of hydrogen-bond donors (Lipinski definition) is 2. The molecular weight excluding hydrogens is 236 g/mol. The molecule has 102 valence electrons. The summed E-state index contributed by atoms with van der Waals surface area (Å²) in [5.41, 5.74) is 0. The van der Waals surface area contributed by atoms with Crippen molar-refractivity contribution < 1.29 is 8.42 Å². The first-order chi connectivity index (χ1) is 8.07. The Hall–Kier alpha value is -0.130. The van der Waals surface area contributed by atoms with Crippen molar-refractivity contribution in [3.8, 4) is 0 Å². The van der Waals surface area contributed by atoms with Crippen LogP contribution in [-0.2, 0) is 10.0 Å². The molecule has 1 rings (SSSR count). The minimum atomic E-state index is -3.07. The van der Waals surface area contributed by atoms with Gasteiger partial charge in [0.1, 0.15) is 0 Å². The van der Waals surface area contributed by atoms with Crippen LogP contribution in [0.5, 0.6) is 0 Å². The minimum Gasteiger partial charge on any atom is -0.317 e. The molecule has 2 N–H and O–H groups in total. The van der Waals surface area contributed by atoms with Crippen LogP contribution >= 0.6 is 0 Å². The van der Waals surface area contributed by atoms with E-state index in [0.717, 1.165) is 38.8 Å². The van der Waals surface area contributed by atoms with E-state index >= 15 is 0 Å². The Morgan fingerprint density at radius 1 is 1.24 bits per heavy atom. The molecule has 1 saturated heterocycles. The second kappa shape index (κ2) is 7.34. The number of rotatable bonds is 7. The first-order valence-corrected chi connectivity index (χ1v) is 8.40. The van der Waals surface area contributed by atoms with Crippen molar-refractivity contribution in [2.45, 2.75) is 39.5 Å². The van der Waals surface area contributed by atoms with Gasteiger partial charge >= 0.3 is 0 Å². The fourth-order valence-electron chi connectivity index (χ4n) is 2.24. The SMILES string of the molecule is CCC(CC)CNS(=O)(=O)CC1CCNCC1. The maximum absolute atomic E-state index is 11.9. The van der Waals surface area contributed by atoms with E-state index < -0.39 is 10.0 Å². The molecule has 1 heterocycles. The summed E-state index contributed by atoms with van der Waals surface area (Å²) in [6.45, 7) is 6.71. The van der Waals surface area contributed by atoms with Crippen molar-refractivity contribution in [3.05, 3.63) is 0 Å². The third kappa shape index (κ3) is 5.84. The molecule has 0 spiro atoms. The molecule has 0 atom stereocenters. The van der Waals surface area contributed by atoms with Gasteiger partial charge < -0.3 is 5.32 Å². The summed E-state index contributed by atoms with van der Waals surface area (Å²) < 4.78 is 26.6. The molecule has 0 aromatic rings. The van der Waals surface area contributed by atoms with Crippen molar-refractivity contribution >= 4 is 10.0 Å². The van der Waals surface area contributed by atoms with Crippen molar-refractivity contribution in [1.29, 1.82) is 0 Å². The fourth-order valence-corrected chi connectivity index (χ4v) is 3.80. The molecule has 0 unspecified atom stereocenters. The highest BCUT2D eigenvalue weighted by Crippen LogP contribution is 2.14. The average molecular weight is 262 g/mol. The summed E-state index contributed by atoms with van der Waals surface area (Å²) in [7, 11) is -3.07. The molecule has 1 aliphatic rings. The van der Waals surface area contributed by atoms with Crippen molar-refractivity contribution in [2.75, 3.05) is 25.4 Å². The first kappa shape index (κ1) is 14.9. The topological polar surface area (TPSA) is 58.2 Å². The van der Waals surface area contributed by atoms with Gasteiger partial charge in [-0.2, -0.15) is 0 Å². The Balaban J connectivity index is 2.34. The number of piperidine rings is 1. The van der Waals surface area contributed by atoms with E-state index in [1.165, 1.54) is 0 Å². The maximum atomic E-state index is 11.9. The summed E-state index contributed by atoms with van der Waals surface area (Å²) in [6, 6.07) is 0. The smallest absolute Gasteiger partial charge is 0.211 e. The van der Waals surface area contributed by atoms with Crippen LogP contribution in [0.4, 0.5) is 0 Å². The zero-order valence-corrected chi connectivity index (χ0v) is 11.9. The zero-order valence-electron chi connectivity index (χ0n) is 11.0. The van der Waals surface area contributed by atoms with Gasteiger partial charge in [-0.1, -0.05) is 26.7 Å². The fraction of sp³-hybridized carbons (Fsp3) is 1.00. The van der Waals surface area contributed by atoms with Crippen molar-refractivity contribution in [2.24, 2.45) is 11.8 Å². The highest BCUT2D eigenvalue weighted by atomic mass is 32.2. The summed E-state index contributed by atoms with van der Waals surface area (Å²) in [5.74, 6) is 1.10. The van der Waals surface area contributed by atoms with Crippen molar-refractivity contribution in [1.82, 2.24) is 10.0 Å². The maximum Gasteiger partial charge on any atom is 0.211 e. The predicted octanol–water partition coefficient (Wildman–Crippen LogP) is 1.34. The van der Waals surface area contributed by atoms with E-state index in [2.05, 4.69) is 23.9 Å². The third-order valence-electron chi connectivity index (χ3n) is 3.66. The Labute approximate surface area is 106 Å². The van der Waals surface area contributed by atoms with Gasteiger partial charge in [-0.15, -0.1) is 0 Å². The molecule has 0 aromatic heterocycles. The number of nitrogens with one attached hydrogen (secondary N) is 2. The van der Waals surface area contributed by atoms with E-state index in [1.807, 2.05) is 0 Å². The van der Waals surface area contributed by atoms with Crippen molar-refractivity contribution in [3.63, 3.8) is 0 Å². The Kier molecular flexibility index (Phi) is 6.44. The van der Waals surface area contributed by atoms with Gasteiger partial charge in [0.2, 0.25) is 10.0 Å². The first-order valence-electron chi connectivity index (χ1n) is 6.75. The van der Waals surface area contributed by atoms with Gasteiger partial charge in [0.15, 0.2) is 0 Å². The lowest BCUT2D eigenvalue weighted by atomic mass is 10.0. The van der Waals surface area contributed by atoms with Gasteiger partial charge in [0.05, 0.1) is 5.75 Å². The van der Waals surface area contributed by atoms with E-state index in [0.29, 0.717) is 24.1 Å². The highest BCUT2D eigenvalue weighted by Gasteiger charge is 2.21. The van der Waals surface area contributed by atoms with Crippen LogP contribution in [0.3, 0.4) is 0 Å². The normalized spacial score (nSPS) is 18.8. The Bertz CT molecular complexity index is 294. The largest absolute Gasteiger partial charge is 0.317 e. The van der Waals surface area contributed by atoms with E-state index in [1.54, 1.807) is 0 Å². The summed E-state index contributed by atoms with van der Waals surface area (Å²) in [4.78, 5) is 0. The summed E-state index contributed by atoms with van der Waals surface area (Å²) in [6.07, 6.45) is 4.02. The quantitative estimate of drug-likeness (QED) is 0.728. The lowest BCUT2D eigenvalue weighted by Gasteiger charge is -2.23. The van der Waals surface area contributed by atoms with Crippen LogP contribution in [-0.4, -0.2) is 33.8 Å². The molecule has 4 nitrogen and oxygen atoms in total. The van der Waals surface area contributed by atoms with E-state index in [-0.39, 0.29) is 0 Å². The monoisotopic (exact) mass is 262 g/mol. The molecule has 0 aromatic carbocycles. The number of hydrogen-bond acceptors (Lipinski definition) is 3. The summed E-state index contributed by atoms with van der Waals surface area (Å²) in [5, 5.41) is 3.25. The predicted molar refractivity (Wildman–Crippen MR) is 71.5 cm³/mol. The summed E-state index contributed by atoms with van der Waals surface area (Å²) >= 11 is 0. The van der Waals surface area contributed by atoms with Crippen LogP contribution in [0.25, 0.3) is 0 Å². The zero-order chi connectivity index (χ0) is 12.7. The van der Waals surface area contributed by atoms with Gasteiger partial charge in [0.25, 0.3) is 0 Å². The molecule has 5 heteroatoms. The van der Waals surface area contributed by atoms with Gasteiger partial charge in [-0.25, -0.2) is 13.1 Å². The molecule has 1 fully saturated rings. The van der Waals surface area contributed by atoms with E-state index in [4.69, 9.17) is 0 Å². The second-order valence-electron chi connectivity index (χ2n) is 5.01. The van der Waals surface area contributed by atoms with E-state index in [9.17, 15) is 8.42 Å². The van der Waals surface area contributed by atoms with Gasteiger partial charge in [0, 0.05) is 6.54 Å². The Morgan fingerprint density at radius 2 is 1.82 bits per heavy atom. The molecule has 17 heavy (non-hydrogen) atoms. The number of sulfonamides is 1.